The van der Waals surface area contributed by atoms with E-state index in [1.807, 2.05) is 12.2 Å². The van der Waals surface area contributed by atoms with Gasteiger partial charge in [0.05, 0.1) is 0 Å². The Morgan fingerprint density at radius 1 is 1.28 bits per heavy atom. The maximum absolute atomic E-state index is 3.90. The van der Waals surface area contributed by atoms with Gasteiger partial charge in [0, 0.05) is 0 Å². The van der Waals surface area contributed by atoms with Gasteiger partial charge in [-0.3, -0.25) is 0 Å². The predicted molar refractivity (Wildman–Crippen MR) is 81.9 cm³/mol. The molecular weight excluding hydrogens is 285 g/mol. The van der Waals surface area contributed by atoms with Gasteiger partial charge in [0.25, 0.3) is 0 Å². The average Bonchev–Trinajstić information content (AvgIpc) is 2.40. The van der Waals surface area contributed by atoms with Crippen LogP contribution in [0.3, 0.4) is 0 Å². The van der Waals surface area contributed by atoms with E-state index in [0.29, 0.717) is 20.9 Å². The van der Waals surface area contributed by atoms with Crippen molar-refractivity contribution in [2.75, 3.05) is 13.6 Å². The van der Waals surface area contributed by atoms with Crippen LogP contribution in [0.15, 0.2) is 55.6 Å². The van der Waals surface area contributed by atoms with Crippen molar-refractivity contribution in [3.8, 4) is 0 Å². The third-order valence-electron chi connectivity index (χ3n) is 2.89. The standard InChI is InChI=1S/C16H22NSe/c1-5-10-15(14-11-8-7-9-12-14)16(18-4)17(3)13-6-2/h5-9,11-12,15H,1-2,10,13H2,3-4H3/q+1. The molecule has 1 atom stereocenters. The number of hydrogen-bond acceptors (Lipinski definition) is 0. The molecule has 0 aliphatic heterocycles. The molecule has 0 bridgehead atoms. The molecule has 1 aromatic carbocycles. The average molecular weight is 307 g/mol. The van der Waals surface area contributed by atoms with Gasteiger partial charge in [-0.1, -0.05) is 0 Å². The number of benzene rings is 1. The van der Waals surface area contributed by atoms with Crippen LogP contribution in [0.5, 0.6) is 0 Å². The summed E-state index contributed by atoms with van der Waals surface area (Å²) < 4.78 is 3.84. The Hall–Kier alpha value is -1.11. The zero-order chi connectivity index (χ0) is 13.4. The van der Waals surface area contributed by atoms with Gasteiger partial charge < -0.3 is 0 Å². The molecule has 1 rings (SSSR count). The summed E-state index contributed by atoms with van der Waals surface area (Å²) in [6.07, 6.45) is 4.98. The van der Waals surface area contributed by atoms with E-state index in [-0.39, 0.29) is 0 Å². The van der Waals surface area contributed by atoms with Crippen molar-refractivity contribution in [3.05, 3.63) is 61.2 Å². The number of allylic oxidation sites excluding steroid dienone is 1. The molecule has 0 aliphatic rings. The Bertz CT molecular complexity index is 420. The van der Waals surface area contributed by atoms with E-state index >= 15 is 0 Å². The number of nitrogens with zero attached hydrogens (tertiary/aromatic N) is 1. The van der Waals surface area contributed by atoms with Crippen LogP contribution in [-0.4, -0.2) is 37.7 Å². The molecular formula is C16H22NSe+. The van der Waals surface area contributed by atoms with E-state index in [0.717, 1.165) is 13.0 Å². The molecule has 0 amide bonds. The van der Waals surface area contributed by atoms with Crippen molar-refractivity contribution in [3.63, 3.8) is 0 Å². The van der Waals surface area contributed by atoms with Gasteiger partial charge in [-0.05, 0) is 0 Å². The van der Waals surface area contributed by atoms with Crippen molar-refractivity contribution < 1.29 is 4.58 Å². The second-order valence-corrected chi connectivity index (χ2v) is 5.93. The van der Waals surface area contributed by atoms with E-state index in [1.165, 1.54) is 10.2 Å². The Morgan fingerprint density at radius 3 is 2.44 bits per heavy atom. The fraction of sp³-hybridized carbons (Fsp3) is 0.312. The summed E-state index contributed by atoms with van der Waals surface area (Å²) in [4.78, 5) is 0. The van der Waals surface area contributed by atoms with Crippen LogP contribution in [0.2, 0.25) is 5.82 Å². The van der Waals surface area contributed by atoms with Gasteiger partial charge in [-0.2, -0.15) is 0 Å². The van der Waals surface area contributed by atoms with E-state index in [4.69, 9.17) is 0 Å². The SMILES string of the molecule is C=CCC(C([Se]C)=[N+](C)CC=C)c1ccccc1. The minimum atomic E-state index is 0.457. The van der Waals surface area contributed by atoms with E-state index in [2.05, 4.69) is 60.9 Å². The van der Waals surface area contributed by atoms with Gasteiger partial charge in [0.15, 0.2) is 0 Å². The Labute approximate surface area is 117 Å². The molecule has 0 saturated carbocycles. The van der Waals surface area contributed by atoms with E-state index in [1.54, 1.807) is 0 Å². The zero-order valence-corrected chi connectivity index (χ0v) is 13.0. The molecule has 0 aromatic heterocycles. The minimum absolute atomic E-state index is 0.457. The van der Waals surface area contributed by atoms with Crippen LogP contribution in [-0.2, 0) is 0 Å². The van der Waals surface area contributed by atoms with Crippen LogP contribution < -0.4 is 0 Å². The third kappa shape index (κ3) is 3.97. The molecule has 0 heterocycles. The predicted octanol–water partition coefficient (Wildman–Crippen LogP) is 3.33. The second kappa shape index (κ2) is 8.07. The Morgan fingerprint density at radius 2 is 1.94 bits per heavy atom. The topological polar surface area (TPSA) is 3.01 Å². The first-order chi connectivity index (χ1) is 8.74. The molecule has 2 heteroatoms. The molecule has 1 aromatic rings. The number of likely N-dealkylation sites (N-methyl/N-ethyl adjacent to an activating group) is 1. The van der Waals surface area contributed by atoms with Gasteiger partial charge in [0.1, 0.15) is 0 Å². The quantitative estimate of drug-likeness (QED) is 0.315. The first kappa shape index (κ1) is 14.9. The summed E-state index contributed by atoms with van der Waals surface area (Å²) in [7, 11) is 2.15. The molecule has 1 unspecified atom stereocenters. The van der Waals surface area contributed by atoms with Crippen molar-refractivity contribution in [2.24, 2.45) is 0 Å². The first-order valence-corrected chi connectivity index (χ1v) is 8.70. The van der Waals surface area contributed by atoms with Gasteiger partial charge in [-0.25, -0.2) is 0 Å². The summed E-state index contributed by atoms with van der Waals surface area (Å²) in [5.41, 5.74) is 1.38. The van der Waals surface area contributed by atoms with Gasteiger partial charge in [0.2, 0.25) is 0 Å². The van der Waals surface area contributed by atoms with Crippen molar-refractivity contribution in [1.82, 2.24) is 0 Å². The zero-order valence-electron chi connectivity index (χ0n) is 11.3. The van der Waals surface area contributed by atoms with Crippen LogP contribution >= 0.6 is 0 Å². The van der Waals surface area contributed by atoms with Crippen LogP contribution in [0, 0.1) is 0 Å². The third-order valence-corrected chi connectivity index (χ3v) is 5.02. The van der Waals surface area contributed by atoms with Crippen molar-refractivity contribution in [2.45, 2.75) is 18.2 Å². The molecule has 1 nitrogen and oxygen atoms in total. The molecule has 0 saturated heterocycles. The summed E-state index contributed by atoms with van der Waals surface area (Å²) in [6.45, 7) is 8.64. The molecule has 96 valence electrons. The summed E-state index contributed by atoms with van der Waals surface area (Å²) >= 11 is 0.487. The molecule has 0 aliphatic carbocycles. The first-order valence-electron chi connectivity index (χ1n) is 6.13. The van der Waals surface area contributed by atoms with E-state index in [9.17, 15) is 0 Å². The normalized spacial score (nSPS) is 13.7. The molecule has 0 radical (unpaired) electrons. The van der Waals surface area contributed by atoms with Crippen LogP contribution in [0.1, 0.15) is 17.9 Å². The molecule has 18 heavy (non-hydrogen) atoms. The van der Waals surface area contributed by atoms with Gasteiger partial charge in [-0.15, -0.1) is 0 Å². The van der Waals surface area contributed by atoms with Crippen molar-refractivity contribution in [1.29, 1.82) is 0 Å². The fourth-order valence-corrected chi connectivity index (χ4v) is 3.97. The number of hydrogen-bond donors (Lipinski definition) is 0. The molecule has 0 N–H and O–H groups in total. The Kier molecular flexibility index (Phi) is 6.70. The Balaban J connectivity index is 3.14. The molecule has 0 spiro atoms. The summed E-state index contributed by atoms with van der Waals surface area (Å²) in [5, 5.41) is 0. The fourth-order valence-electron chi connectivity index (χ4n) is 2.08. The van der Waals surface area contributed by atoms with Crippen LogP contribution in [0.25, 0.3) is 0 Å². The number of rotatable bonds is 7. The molecule has 0 fully saturated rings. The van der Waals surface area contributed by atoms with E-state index < -0.39 is 0 Å². The second-order valence-electron chi connectivity index (χ2n) is 4.20. The summed E-state index contributed by atoms with van der Waals surface area (Å²) in [5.74, 6) is 2.74. The monoisotopic (exact) mass is 308 g/mol. The van der Waals surface area contributed by atoms with Crippen molar-refractivity contribution >= 4 is 19.6 Å². The summed E-state index contributed by atoms with van der Waals surface area (Å²) in [6, 6.07) is 10.7. The van der Waals surface area contributed by atoms with Crippen LogP contribution in [0.4, 0.5) is 0 Å². The van der Waals surface area contributed by atoms with Gasteiger partial charge >= 0.3 is 117 Å². The maximum atomic E-state index is 3.90.